The molecule has 0 saturated carbocycles. The van der Waals surface area contributed by atoms with Gasteiger partial charge in [-0.3, -0.25) is 9.36 Å². The minimum Gasteiger partial charge on any atom is -0.375 e. The summed E-state index contributed by atoms with van der Waals surface area (Å²) in [5, 5.41) is 0. The molecule has 0 amide bonds. The van der Waals surface area contributed by atoms with Gasteiger partial charge in [-0.05, 0) is 25.1 Å². The van der Waals surface area contributed by atoms with Gasteiger partial charge in [0.15, 0.2) is 0 Å². The number of ether oxygens (including phenoxy) is 1. The van der Waals surface area contributed by atoms with Gasteiger partial charge in [0, 0.05) is 19.3 Å². The maximum absolute atomic E-state index is 13.8. The van der Waals surface area contributed by atoms with E-state index >= 15 is 0 Å². The summed E-state index contributed by atoms with van der Waals surface area (Å²) < 4.78 is 58.1. The molecule has 0 spiro atoms. The summed E-state index contributed by atoms with van der Waals surface area (Å²) >= 11 is 0. The molecule has 5 nitrogen and oxygen atoms in total. The Labute approximate surface area is 140 Å². The van der Waals surface area contributed by atoms with E-state index in [1.165, 1.54) is 6.07 Å². The van der Waals surface area contributed by atoms with Crippen LogP contribution in [0.4, 0.5) is 23.4 Å². The average Bonchev–Trinajstić information content (AvgIpc) is 2.56. The molecule has 0 N–H and O–H groups in total. The molecule has 1 aliphatic rings. The minimum atomic E-state index is -4.93. The van der Waals surface area contributed by atoms with Crippen molar-refractivity contribution in [2.75, 3.05) is 24.6 Å². The molecule has 1 saturated heterocycles. The van der Waals surface area contributed by atoms with E-state index in [0.29, 0.717) is 31.6 Å². The molecule has 0 unspecified atom stereocenters. The molecule has 3 heterocycles. The van der Waals surface area contributed by atoms with Crippen molar-refractivity contribution >= 4 is 5.82 Å². The molecular weight excluding hydrogens is 342 g/mol. The second-order valence-corrected chi connectivity index (χ2v) is 5.70. The molecule has 0 radical (unpaired) electrons. The number of rotatable bonds is 2. The van der Waals surface area contributed by atoms with E-state index in [-0.39, 0.29) is 11.9 Å². The van der Waals surface area contributed by atoms with Crippen LogP contribution in [0.25, 0.3) is 5.82 Å². The highest BCUT2D eigenvalue weighted by Crippen LogP contribution is 2.30. The molecule has 3 rings (SSSR count). The van der Waals surface area contributed by atoms with Crippen LogP contribution in [0, 0.1) is 5.82 Å². The van der Waals surface area contributed by atoms with Crippen molar-refractivity contribution in [2.24, 2.45) is 0 Å². The normalized spacial score (nSPS) is 18.4. The van der Waals surface area contributed by atoms with Gasteiger partial charge in [-0.25, -0.2) is 9.37 Å². The van der Waals surface area contributed by atoms with E-state index in [2.05, 4.69) is 4.98 Å². The zero-order valence-corrected chi connectivity index (χ0v) is 13.3. The number of nitrogens with zero attached hydrogens (tertiary/aromatic N) is 3. The summed E-state index contributed by atoms with van der Waals surface area (Å²) in [6.07, 6.45) is -4.05. The number of aromatic nitrogens is 2. The van der Waals surface area contributed by atoms with Gasteiger partial charge in [0.05, 0.1) is 18.3 Å². The lowest BCUT2D eigenvalue weighted by Crippen LogP contribution is -2.41. The first-order valence-electron chi connectivity index (χ1n) is 7.59. The first-order chi connectivity index (χ1) is 11.8. The largest absolute Gasteiger partial charge is 0.419 e. The SMILES string of the molecule is C[C@@H]1CN(c2cccc(-n3ccc(C(F)(F)F)c(F)c3=O)n2)CCO1. The van der Waals surface area contributed by atoms with E-state index in [0.717, 1.165) is 10.8 Å². The number of morpholine rings is 1. The van der Waals surface area contributed by atoms with Crippen LogP contribution in [0.5, 0.6) is 0 Å². The first kappa shape index (κ1) is 17.4. The van der Waals surface area contributed by atoms with Gasteiger partial charge in [0.2, 0.25) is 5.82 Å². The van der Waals surface area contributed by atoms with E-state index in [9.17, 15) is 22.4 Å². The van der Waals surface area contributed by atoms with Crippen LogP contribution < -0.4 is 10.5 Å². The number of pyridine rings is 2. The third-order valence-electron chi connectivity index (χ3n) is 3.87. The van der Waals surface area contributed by atoms with Gasteiger partial charge in [-0.2, -0.15) is 13.2 Å². The Balaban J connectivity index is 1.99. The molecule has 1 aliphatic heterocycles. The van der Waals surface area contributed by atoms with Gasteiger partial charge in [0.1, 0.15) is 11.6 Å². The highest BCUT2D eigenvalue weighted by molar-refractivity contribution is 5.43. The van der Waals surface area contributed by atoms with Crippen LogP contribution in [0.2, 0.25) is 0 Å². The van der Waals surface area contributed by atoms with Crippen LogP contribution in [-0.2, 0) is 10.9 Å². The molecule has 2 aromatic rings. The second-order valence-electron chi connectivity index (χ2n) is 5.70. The molecule has 0 aromatic carbocycles. The van der Waals surface area contributed by atoms with Crippen molar-refractivity contribution < 1.29 is 22.3 Å². The first-order valence-corrected chi connectivity index (χ1v) is 7.59. The summed E-state index contributed by atoms with van der Waals surface area (Å²) in [5.74, 6) is -1.25. The molecule has 9 heteroatoms. The summed E-state index contributed by atoms with van der Waals surface area (Å²) in [6.45, 7) is 3.61. The topological polar surface area (TPSA) is 47.4 Å². The fourth-order valence-corrected chi connectivity index (χ4v) is 2.66. The smallest absolute Gasteiger partial charge is 0.375 e. The van der Waals surface area contributed by atoms with Gasteiger partial charge in [-0.1, -0.05) is 6.07 Å². The van der Waals surface area contributed by atoms with E-state index in [4.69, 9.17) is 4.74 Å². The molecule has 134 valence electrons. The maximum atomic E-state index is 13.8. The lowest BCUT2D eigenvalue weighted by Gasteiger charge is -2.32. The summed E-state index contributed by atoms with van der Waals surface area (Å²) in [4.78, 5) is 18.2. The van der Waals surface area contributed by atoms with Gasteiger partial charge < -0.3 is 9.64 Å². The lowest BCUT2D eigenvalue weighted by atomic mass is 10.2. The second kappa shape index (κ2) is 6.47. The standard InChI is InChI=1S/C16H15F4N3O2/c1-10-9-22(7-8-25-10)12-3-2-4-13(21-12)23-6-5-11(16(18,19)20)14(17)15(23)24/h2-6,10H,7-9H2,1H3/t10-/m1/s1. The molecule has 2 aromatic heterocycles. The lowest BCUT2D eigenvalue weighted by molar-refractivity contribution is -0.140. The molecule has 0 bridgehead atoms. The minimum absolute atomic E-state index is 0.00504. The Morgan fingerprint density at radius 3 is 2.64 bits per heavy atom. The van der Waals surface area contributed by atoms with Crippen LogP contribution >= 0.6 is 0 Å². The number of anilines is 1. The Morgan fingerprint density at radius 1 is 1.24 bits per heavy atom. The predicted molar refractivity (Wildman–Crippen MR) is 82.4 cm³/mol. The Morgan fingerprint density at radius 2 is 1.96 bits per heavy atom. The van der Waals surface area contributed by atoms with Crippen molar-refractivity contribution in [2.45, 2.75) is 19.2 Å². The molecule has 25 heavy (non-hydrogen) atoms. The zero-order chi connectivity index (χ0) is 18.2. The Hall–Kier alpha value is -2.42. The fraction of sp³-hybridized carbons (Fsp3) is 0.375. The predicted octanol–water partition coefficient (Wildman–Crippen LogP) is 2.62. The monoisotopic (exact) mass is 357 g/mol. The van der Waals surface area contributed by atoms with Crippen LogP contribution in [0.15, 0.2) is 35.3 Å². The number of hydrogen-bond acceptors (Lipinski definition) is 4. The van der Waals surface area contributed by atoms with Crippen molar-refractivity contribution in [3.63, 3.8) is 0 Å². The van der Waals surface area contributed by atoms with Gasteiger partial charge in [0.25, 0.3) is 5.56 Å². The fourth-order valence-electron chi connectivity index (χ4n) is 2.66. The zero-order valence-electron chi connectivity index (χ0n) is 13.3. The number of hydrogen-bond donors (Lipinski definition) is 0. The van der Waals surface area contributed by atoms with Gasteiger partial charge in [-0.15, -0.1) is 0 Å². The quantitative estimate of drug-likeness (QED) is 0.776. The van der Waals surface area contributed by atoms with Crippen molar-refractivity contribution in [3.05, 3.63) is 52.2 Å². The van der Waals surface area contributed by atoms with Crippen LogP contribution in [-0.4, -0.2) is 35.4 Å². The summed E-state index contributed by atoms with van der Waals surface area (Å²) in [6, 6.07) is 5.29. The maximum Gasteiger partial charge on any atom is 0.419 e. The highest BCUT2D eigenvalue weighted by atomic mass is 19.4. The number of alkyl halides is 3. The van der Waals surface area contributed by atoms with Crippen molar-refractivity contribution in [3.8, 4) is 5.82 Å². The third kappa shape index (κ3) is 3.51. The number of halogens is 4. The Bertz CT molecular complexity index is 835. The molecule has 1 fully saturated rings. The third-order valence-corrected chi connectivity index (χ3v) is 3.87. The van der Waals surface area contributed by atoms with E-state index < -0.39 is 23.1 Å². The molecule has 1 atom stereocenters. The van der Waals surface area contributed by atoms with Gasteiger partial charge >= 0.3 is 6.18 Å². The highest BCUT2D eigenvalue weighted by Gasteiger charge is 2.35. The molecular formula is C16H15F4N3O2. The van der Waals surface area contributed by atoms with Crippen LogP contribution in [0.3, 0.4) is 0 Å². The summed E-state index contributed by atoms with van der Waals surface area (Å²) in [5.41, 5.74) is -2.98. The van der Waals surface area contributed by atoms with Crippen molar-refractivity contribution in [1.29, 1.82) is 0 Å². The van der Waals surface area contributed by atoms with E-state index in [1.807, 2.05) is 11.8 Å². The molecule has 0 aliphatic carbocycles. The summed E-state index contributed by atoms with van der Waals surface area (Å²) in [7, 11) is 0. The average molecular weight is 357 g/mol. The van der Waals surface area contributed by atoms with Crippen molar-refractivity contribution in [1.82, 2.24) is 9.55 Å². The van der Waals surface area contributed by atoms with Crippen LogP contribution in [0.1, 0.15) is 12.5 Å². The van der Waals surface area contributed by atoms with E-state index in [1.54, 1.807) is 12.1 Å². The Kier molecular flexibility index (Phi) is 4.51.